The lowest BCUT2D eigenvalue weighted by molar-refractivity contribution is -0.121. The van der Waals surface area contributed by atoms with Gasteiger partial charge in [0.15, 0.2) is 0 Å². The van der Waals surface area contributed by atoms with E-state index in [1.165, 1.54) is 0 Å². The van der Waals surface area contributed by atoms with Crippen molar-refractivity contribution in [3.63, 3.8) is 0 Å². The van der Waals surface area contributed by atoms with E-state index in [9.17, 15) is 4.79 Å². The van der Waals surface area contributed by atoms with Gasteiger partial charge in [-0.15, -0.1) is 0 Å². The lowest BCUT2D eigenvalue weighted by Gasteiger charge is -2.06. The van der Waals surface area contributed by atoms with Crippen LogP contribution < -0.4 is 10.1 Å². The van der Waals surface area contributed by atoms with Gasteiger partial charge in [0, 0.05) is 36.6 Å². The Kier molecular flexibility index (Phi) is 3.87. The average molecular weight is 246 g/mol. The van der Waals surface area contributed by atoms with Gasteiger partial charge in [0.25, 0.3) is 0 Å². The summed E-state index contributed by atoms with van der Waals surface area (Å²) in [4.78, 5) is 11.4. The molecule has 1 aromatic carbocycles. The number of amides is 1. The predicted octanol–water partition coefficient (Wildman–Crippen LogP) is 2.18. The Bertz CT molecular complexity index is 546. The van der Waals surface area contributed by atoms with Crippen molar-refractivity contribution in [3.05, 3.63) is 30.5 Å². The molecule has 18 heavy (non-hydrogen) atoms. The monoisotopic (exact) mass is 246 g/mol. The Balaban J connectivity index is 2.12. The minimum absolute atomic E-state index is 0.0906. The molecule has 0 spiro atoms. The minimum atomic E-state index is 0.0906. The van der Waals surface area contributed by atoms with E-state index in [0.29, 0.717) is 19.5 Å². The molecular weight excluding hydrogens is 228 g/mol. The van der Waals surface area contributed by atoms with E-state index in [4.69, 9.17) is 4.74 Å². The van der Waals surface area contributed by atoms with Crippen LogP contribution in [0.4, 0.5) is 0 Å². The van der Waals surface area contributed by atoms with Crippen molar-refractivity contribution in [1.82, 2.24) is 9.88 Å². The molecule has 2 aromatic rings. The van der Waals surface area contributed by atoms with Gasteiger partial charge >= 0.3 is 0 Å². The van der Waals surface area contributed by atoms with Crippen LogP contribution in [0.1, 0.15) is 13.3 Å². The molecule has 0 saturated heterocycles. The van der Waals surface area contributed by atoms with Crippen LogP contribution in [0, 0.1) is 0 Å². The number of hydrogen-bond acceptors (Lipinski definition) is 2. The molecule has 1 heterocycles. The van der Waals surface area contributed by atoms with Crippen molar-refractivity contribution in [3.8, 4) is 5.75 Å². The molecule has 1 aromatic heterocycles. The number of methoxy groups -OCH3 is 1. The number of nitrogens with zero attached hydrogens (tertiary/aromatic N) is 1. The number of aromatic nitrogens is 1. The van der Waals surface area contributed by atoms with Crippen molar-refractivity contribution in [2.75, 3.05) is 13.7 Å². The van der Waals surface area contributed by atoms with Gasteiger partial charge in [-0.3, -0.25) is 4.79 Å². The Morgan fingerprint density at radius 2 is 2.22 bits per heavy atom. The quantitative estimate of drug-likeness (QED) is 0.878. The fourth-order valence-electron chi connectivity index (χ4n) is 2.01. The van der Waals surface area contributed by atoms with Crippen molar-refractivity contribution < 1.29 is 9.53 Å². The number of carbonyl (C=O) groups excluding carboxylic acids is 1. The molecule has 0 saturated carbocycles. The summed E-state index contributed by atoms with van der Waals surface area (Å²) in [6.45, 7) is 3.30. The Morgan fingerprint density at radius 1 is 1.39 bits per heavy atom. The molecule has 0 aliphatic rings. The predicted molar refractivity (Wildman–Crippen MR) is 71.8 cm³/mol. The van der Waals surface area contributed by atoms with E-state index in [-0.39, 0.29) is 5.91 Å². The van der Waals surface area contributed by atoms with Crippen molar-refractivity contribution in [1.29, 1.82) is 0 Å². The van der Waals surface area contributed by atoms with Crippen LogP contribution in [0.5, 0.6) is 5.75 Å². The van der Waals surface area contributed by atoms with E-state index in [2.05, 4.69) is 9.88 Å². The summed E-state index contributed by atoms with van der Waals surface area (Å²) < 4.78 is 7.28. The summed E-state index contributed by atoms with van der Waals surface area (Å²) in [5.74, 6) is 0.942. The largest absolute Gasteiger partial charge is 0.497 e. The van der Waals surface area contributed by atoms with Crippen molar-refractivity contribution in [2.24, 2.45) is 0 Å². The highest BCUT2D eigenvalue weighted by Gasteiger charge is 2.04. The van der Waals surface area contributed by atoms with Crippen LogP contribution in [0.25, 0.3) is 10.9 Å². The van der Waals surface area contributed by atoms with Crippen molar-refractivity contribution >= 4 is 16.8 Å². The first kappa shape index (κ1) is 12.5. The lowest BCUT2D eigenvalue weighted by Crippen LogP contribution is -2.23. The highest BCUT2D eigenvalue weighted by atomic mass is 16.5. The van der Waals surface area contributed by atoms with Gasteiger partial charge in [-0.1, -0.05) is 0 Å². The van der Waals surface area contributed by atoms with Crippen LogP contribution in [0.3, 0.4) is 0 Å². The maximum atomic E-state index is 11.4. The molecule has 96 valence electrons. The molecule has 1 amide bonds. The highest BCUT2D eigenvalue weighted by molar-refractivity contribution is 5.82. The van der Waals surface area contributed by atoms with E-state index >= 15 is 0 Å². The molecule has 0 fully saturated rings. The number of ether oxygens (including phenoxy) is 1. The summed E-state index contributed by atoms with van der Waals surface area (Å²) in [6.07, 6.45) is 2.51. The average Bonchev–Trinajstić information content (AvgIpc) is 2.78. The SMILES string of the molecule is CCNC(=O)CCn1ccc2cc(OC)ccc21. The van der Waals surface area contributed by atoms with Gasteiger partial charge in [0.05, 0.1) is 7.11 Å². The molecular formula is C14H18N2O2. The van der Waals surface area contributed by atoms with Gasteiger partial charge in [0.1, 0.15) is 5.75 Å². The summed E-state index contributed by atoms with van der Waals surface area (Å²) in [5.41, 5.74) is 1.13. The zero-order chi connectivity index (χ0) is 13.0. The zero-order valence-corrected chi connectivity index (χ0v) is 10.8. The molecule has 4 nitrogen and oxygen atoms in total. The normalized spacial score (nSPS) is 10.6. The molecule has 4 heteroatoms. The number of aryl methyl sites for hydroxylation is 1. The van der Waals surface area contributed by atoms with Crippen LogP contribution >= 0.6 is 0 Å². The number of benzene rings is 1. The summed E-state index contributed by atoms with van der Waals surface area (Å²) in [7, 11) is 1.66. The third-order valence-electron chi connectivity index (χ3n) is 2.93. The maximum Gasteiger partial charge on any atom is 0.221 e. The molecule has 0 aliphatic carbocycles. The van der Waals surface area contributed by atoms with Crippen LogP contribution in [0.15, 0.2) is 30.5 Å². The topological polar surface area (TPSA) is 43.3 Å². The van der Waals surface area contributed by atoms with E-state index in [1.807, 2.05) is 37.4 Å². The number of hydrogen-bond donors (Lipinski definition) is 1. The minimum Gasteiger partial charge on any atom is -0.497 e. The molecule has 0 aliphatic heterocycles. The first-order valence-electron chi connectivity index (χ1n) is 6.14. The lowest BCUT2D eigenvalue weighted by atomic mass is 10.2. The number of rotatable bonds is 5. The van der Waals surface area contributed by atoms with Gasteiger partial charge < -0.3 is 14.6 Å². The second kappa shape index (κ2) is 5.58. The smallest absolute Gasteiger partial charge is 0.221 e. The second-order valence-electron chi connectivity index (χ2n) is 4.14. The fraction of sp³-hybridized carbons (Fsp3) is 0.357. The van der Waals surface area contributed by atoms with Gasteiger partial charge in [-0.2, -0.15) is 0 Å². The van der Waals surface area contributed by atoms with Gasteiger partial charge in [-0.05, 0) is 31.2 Å². The summed E-state index contributed by atoms with van der Waals surface area (Å²) in [6, 6.07) is 7.99. The molecule has 0 radical (unpaired) electrons. The van der Waals surface area contributed by atoms with Gasteiger partial charge in [-0.25, -0.2) is 0 Å². The van der Waals surface area contributed by atoms with Crippen molar-refractivity contribution in [2.45, 2.75) is 19.9 Å². The van der Waals surface area contributed by atoms with Crippen LogP contribution in [-0.4, -0.2) is 24.1 Å². The second-order valence-corrected chi connectivity index (χ2v) is 4.14. The Labute approximate surface area is 107 Å². The molecule has 0 atom stereocenters. The molecule has 1 N–H and O–H groups in total. The standard InChI is InChI=1S/C14H18N2O2/c1-3-15-14(17)7-9-16-8-6-11-10-12(18-2)4-5-13(11)16/h4-6,8,10H,3,7,9H2,1-2H3,(H,15,17). The fourth-order valence-corrected chi connectivity index (χ4v) is 2.01. The van der Waals surface area contributed by atoms with Crippen LogP contribution in [-0.2, 0) is 11.3 Å². The third kappa shape index (κ3) is 2.64. The van der Waals surface area contributed by atoms with E-state index < -0.39 is 0 Å². The summed E-state index contributed by atoms with van der Waals surface area (Å²) >= 11 is 0. The first-order chi connectivity index (χ1) is 8.74. The number of nitrogens with one attached hydrogen (secondary N) is 1. The summed E-state index contributed by atoms with van der Waals surface area (Å²) in [5, 5.41) is 3.93. The third-order valence-corrected chi connectivity index (χ3v) is 2.93. The van der Waals surface area contributed by atoms with Crippen LogP contribution in [0.2, 0.25) is 0 Å². The Hall–Kier alpha value is -1.97. The number of fused-ring (bicyclic) bond motifs is 1. The first-order valence-corrected chi connectivity index (χ1v) is 6.14. The van der Waals surface area contributed by atoms with Gasteiger partial charge in [0.2, 0.25) is 5.91 Å². The number of carbonyl (C=O) groups is 1. The van der Waals surface area contributed by atoms with E-state index in [1.54, 1.807) is 7.11 Å². The zero-order valence-electron chi connectivity index (χ0n) is 10.8. The molecule has 0 bridgehead atoms. The molecule has 0 unspecified atom stereocenters. The molecule has 2 rings (SSSR count). The maximum absolute atomic E-state index is 11.4. The van der Waals surface area contributed by atoms with E-state index in [0.717, 1.165) is 16.7 Å². The Morgan fingerprint density at radius 3 is 2.94 bits per heavy atom. The highest BCUT2D eigenvalue weighted by Crippen LogP contribution is 2.21.